The zero-order chi connectivity index (χ0) is 18.9. The quantitative estimate of drug-likeness (QED) is 0.405. The van der Waals surface area contributed by atoms with Crippen LogP contribution < -0.4 is 5.32 Å². The van der Waals surface area contributed by atoms with E-state index in [9.17, 15) is 9.59 Å². The van der Waals surface area contributed by atoms with Gasteiger partial charge in [-0.2, -0.15) is 4.68 Å². The van der Waals surface area contributed by atoms with E-state index in [-0.39, 0.29) is 24.1 Å². The Morgan fingerprint density at radius 3 is 2.65 bits per heavy atom. The molecule has 1 N–H and O–H groups in total. The molecule has 1 aromatic carbocycles. The van der Waals surface area contributed by atoms with E-state index in [1.807, 2.05) is 24.3 Å². The van der Waals surface area contributed by atoms with E-state index in [2.05, 4.69) is 39.4 Å². The molecule has 0 saturated carbocycles. The molecule has 140 valence electrons. The summed E-state index contributed by atoms with van der Waals surface area (Å²) < 4.78 is 6.16. The van der Waals surface area contributed by atoms with Gasteiger partial charge in [-0.3, -0.25) is 9.59 Å². The number of tetrazole rings is 1. The standard InChI is InChI=1S/C17H23N5O3S/c1-12(2)13-6-8-14(9-7-13)22-17(19-20-21-22)26-11-15(23)18-10-4-5-16(24)25-3/h6-9,12H,4-5,10-11H2,1-3H3,(H,18,23). The molecule has 0 fully saturated rings. The molecule has 1 aromatic heterocycles. The van der Waals surface area contributed by atoms with Crippen molar-refractivity contribution in [2.45, 2.75) is 37.8 Å². The molecule has 0 aliphatic carbocycles. The van der Waals surface area contributed by atoms with Crippen LogP contribution in [0, 0.1) is 0 Å². The fraction of sp³-hybridized carbons (Fsp3) is 0.471. The molecule has 0 atom stereocenters. The SMILES string of the molecule is COC(=O)CCCNC(=O)CSc1nnnn1-c1ccc(C(C)C)cc1. The van der Waals surface area contributed by atoms with Crippen molar-refractivity contribution in [1.29, 1.82) is 0 Å². The predicted molar refractivity (Wildman–Crippen MR) is 98.2 cm³/mol. The van der Waals surface area contributed by atoms with Crippen molar-refractivity contribution >= 4 is 23.6 Å². The number of thioether (sulfide) groups is 1. The summed E-state index contributed by atoms with van der Waals surface area (Å²) in [4.78, 5) is 22.9. The first-order valence-electron chi connectivity index (χ1n) is 8.36. The largest absolute Gasteiger partial charge is 0.469 e. The van der Waals surface area contributed by atoms with E-state index in [1.54, 1.807) is 4.68 Å². The minimum absolute atomic E-state index is 0.135. The Labute approximate surface area is 156 Å². The van der Waals surface area contributed by atoms with Crippen LogP contribution >= 0.6 is 11.8 Å². The maximum Gasteiger partial charge on any atom is 0.305 e. The first-order chi connectivity index (χ1) is 12.5. The molecule has 0 aliphatic heterocycles. The Morgan fingerprint density at radius 1 is 1.27 bits per heavy atom. The molecular weight excluding hydrogens is 354 g/mol. The number of rotatable bonds is 9. The lowest BCUT2D eigenvalue weighted by atomic mass is 10.0. The minimum Gasteiger partial charge on any atom is -0.469 e. The number of aromatic nitrogens is 4. The Kier molecular flexibility index (Phi) is 7.58. The normalized spacial score (nSPS) is 10.8. The number of esters is 1. The summed E-state index contributed by atoms with van der Waals surface area (Å²) in [5.41, 5.74) is 2.09. The van der Waals surface area contributed by atoms with Gasteiger partial charge in [0.1, 0.15) is 0 Å². The van der Waals surface area contributed by atoms with Gasteiger partial charge in [0, 0.05) is 13.0 Å². The van der Waals surface area contributed by atoms with Crippen LogP contribution in [0.1, 0.15) is 38.2 Å². The second-order valence-electron chi connectivity index (χ2n) is 5.94. The van der Waals surface area contributed by atoms with Gasteiger partial charge >= 0.3 is 5.97 Å². The third-order valence-corrected chi connectivity index (χ3v) is 4.60. The second-order valence-corrected chi connectivity index (χ2v) is 6.88. The first kappa shape index (κ1) is 19.9. The third kappa shape index (κ3) is 5.83. The molecule has 2 aromatic rings. The summed E-state index contributed by atoms with van der Waals surface area (Å²) in [6.45, 7) is 4.70. The Bertz CT molecular complexity index is 730. The van der Waals surface area contributed by atoms with E-state index < -0.39 is 0 Å². The molecule has 0 radical (unpaired) electrons. The Hall–Kier alpha value is -2.42. The number of carbonyl (C=O) groups excluding carboxylic acids is 2. The van der Waals surface area contributed by atoms with Gasteiger partial charge in [0.2, 0.25) is 11.1 Å². The van der Waals surface area contributed by atoms with Crippen LogP contribution in [0.15, 0.2) is 29.4 Å². The van der Waals surface area contributed by atoms with Crippen LogP contribution in [0.4, 0.5) is 0 Å². The maximum absolute atomic E-state index is 11.9. The van der Waals surface area contributed by atoms with Crippen molar-refractivity contribution in [1.82, 2.24) is 25.5 Å². The zero-order valence-corrected chi connectivity index (χ0v) is 16.0. The lowest BCUT2D eigenvalue weighted by molar-refractivity contribution is -0.140. The summed E-state index contributed by atoms with van der Waals surface area (Å²) in [7, 11) is 1.35. The Morgan fingerprint density at radius 2 is 2.00 bits per heavy atom. The van der Waals surface area contributed by atoms with Crippen LogP contribution in [-0.2, 0) is 14.3 Å². The summed E-state index contributed by atoms with van der Waals surface area (Å²) in [6.07, 6.45) is 0.831. The van der Waals surface area contributed by atoms with Crippen molar-refractivity contribution in [3.05, 3.63) is 29.8 Å². The highest BCUT2D eigenvalue weighted by Crippen LogP contribution is 2.20. The highest BCUT2D eigenvalue weighted by Gasteiger charge is 2.12. The van der Waals surface area contributed by atoms with E-state index in [0.29, 0.717) is 24.0 Å². The number of hydrogen-bond donors (Lipinski definition) is 1. The van der Waals surface area contributed by atoms with Crippen LogP contribution in [0.25, 0.3) is 5.69 Å². The van der Waals surface area contributed by atoms with Gasteiger partial charge in [-0.05, 0) is 40.5 Å². The molecule has 9 heteroatoms. The number of carbonyl (C=O) groups is 2. The van der Waals surface area contributed by atoms with E-state index in [4.69, 9.17) is 0 Å². The molecule has 1 heterocycles. The second kappa shape index (κ2) is 9.91. The molecule has 1 amide bonds. The molecule has 8 nitrogen and oxygen atoms in total. The number of methoxy groups -OCH3 is 1. The highest BCUT2D eigenvalue weighted by molar-refractivity contribution is 7.99. The molecular formula is C17H23N5O3S. The number of amides is 1. The van der Waals surface area contributed by atoms with Crippen molar-refractivity contribution < 1.29 is 14.3 Å². The van der Waals surface area contributed by atoms with Gasteiger partial charge in [-0.25, -0.2) is 0 Å². The van der Waals surface area contributed by atoms with Crippen LogP contribution in [0.5, 0.6) is 0 Å². The van der Waals surface area contributed by atoms with Gasteiger partial charge < -0.3 is 10.1 Å². The molecule has 26 heavy (non-hydrogen) atoms. The van der Waals surface area contributed by atoms with Crippen LogP contribution in [0.3, 0.4) is 0 Å². The fourth-order valence-electron chi connectivity index (χ4n) is 2.18. The molecule has 0 unspecified atom stereocenters. The van der Waals surface area contributed by atoms with Crippen LogP contribution in [-0.4, -0.2) is 51.5 Å². The van der Waals surface area contributed by atoms with Gasteiger partial charge in [0.25, 0.3) is 0 Å². The molecule has 0 aliphatic rings. The monoisotopic (exact) mass is 377 g/mol. The zero-order valence-electron chi connectivity index (χ0n) is 15.1. The summed E-state index contributed by atoms with van der Waals surface area (Å²) in [6, 6.07) is 8.01. The summed E-state index contributed by atoms with van der Waals surface area (Å²) in [5.74, 6) is 0.235. The number of nitrogens with zero attached hydrogens (tertiary/aromatic N) is 4. The summed E-state index contributed by atoms with van der Waals surface area (Å²) >= 11 is 1.26. The van der Waals surface area contributed by atoms with Crippen molar-refractivity contribution in [3.8, 4) is 5.69 Å². The van der Waals surface area contributed by atoms with E-state index in [0.717, 1.165) is 5.69 Å². The molecule has 0 spiro atoms. The van der Waals surface area contributed by atoms with Crippen molar-refractivity contribution in [2.75, 3.05) is 19.4 Å². The number of benzene rings is 1. The number of hydrogen-bond acceptors (Lipinski definition) is 7. The lowest BCUT2D eigenvalue weighted by Crippen LogP contribution is -2.26. The van der Waals surface area contributed by atoms with Gasteiger partial charge in [0.05, 0.1) is 18.6 Å². The lowest BCUT2D eigenvalue weighted by Gasteiger charge is -2.08. The fourth-order valence-corrected chi connectivity index (χ4v) is 2.90. The highest BCUT2D eigenvalue weighted by atomic mass is 32.2. The van der Waals surface area contributed by atoms with E-state index >= 15 is 0 Å². The number of nitrogens with one attached hydrogen (secondary N) is 1. The van der Waals surface area contributed by atoms with Gasteiger partial charge in [-0.15, -0.1) is 5.10 Å². The van der Waals surface area contributed by atoms with E-state index in [1.165, 1.54) is 24.4 Å². The molecule has 0 saturated heterocycles. The van der Waals surface area contributed by atoms with Crippen molar-refractivity contribution in [3.63, 3.8) is 0 Å². The molecule has 0 bridgehead atoms. The predicted octanol–water partition coefficient (Wildman–Crippen LogP) is 1.95. The minimum atomic E-state index is -0.281. The number of ether oxygens (including phenoxy) is 1. The smallest absolute Gasteiger partial charge is 0.305 e. The van der Waals surface area contributed by atoms with Gasteiger partial charge in [0.15, 0.2) is 0 Å². The van der Waals surface area contributed by atoms with Crippen molar-refractivity contribution in [2.24, 2.45) is 0 Å². The topological polar surface area (TPSA) is 99.0 Å². The Balaban J connectivity index is 1.85. The maximum atomic E-state index is 11.9. The third-order valence-electron chi connectivity index (χ3n) is 3.69. The average Bonchev–Trinajstić information content (AvgIpc) is 3.12. The molecule has 2 rings (SSSR count). The van der Waals surface area contributed by atoms with Crippen LogP contribution in [0.2, 0.25) is 0 Å². The first-order valence-corrected chi connectivity index (χ1v) is 9.35. The van der Waals surface area contributed by atoms with Gasteiger partial charge in [-0.1, -0.05) is 37.7 Å². The average molecular weight is 377 g/mol. The summed E-state index contributed by atoms with van der Waals surface area (Å²) in [5, 5.41) is 15.0.